The second-order valence-corrected chi connectivity index (χ2v) is 4.31. The fourth-order valence-electron chi connectivity index (χ4n) is 1.28. The van der Waals surface area contributed by atoms with Gasteiger partial charge in [0.1, 0.15) is 0 Å². The number of hydrogen-bond donors (Lipinski definition) is 1. The van der Waals surface area contributed by atoms with Gasteiger partial charge in [0.2, 0.25) is 0 Å². The minimum absolute atomic E-state index is 0.119. The van der Waals surface area contributed by atoms with Crippen molar-refractivity contribution in [2.75, 3.05) is 0 Å². The maximum Gasteiger partial charge on any atom is 0.407 e. The Morgan fingerprint density at radius 1 is 1.38 bits per heavy atom. The second-order valence-electron chi connectivity index (χ2n) is 3.88. The summed E-state index contributed by atoms with van der Waals surface area (Å²) in [5.74, 6) is 0. The lowest BCUT2D eigenvalue weighted by molar-refractivity contribution is 0.113. The highest BCUT2D eigenvalue weighted by atomic mass is 35.5. The van der Waals surface area contributed by atoms with Crippen molar-refractivity contribution >= 4 is 17.7 Å². The van der Waals surface area contributed by atoms with Gasteiger partial charge in [0, 0.05) is 5.02 Å². The zero-order chi connectivity index (χ0) is 12.1. The summed E-state index contributed by atoms with van der Waals surface area (Å²) in [5.41, 5.74) is 0.952. The minimum atomic E-state index is -0.414. The molecule has 0 fully saturated rings. The Morgan fingerprint density at radius 3 is 2.62 bits per heavy atom. The van der Waals surface area contributed by atoms with Gasteiger partial charge in [-0.15, -0.1) is 0 Å². The third-order valence-electron chi connectivity index (χ3n) is 2.03. The Bertz CT molecular complexity index is 366. The normalized spacial score (nSPS) is 12.3. The van der Waals surface area contributed by atoms with E-state index in [-0.39, 0.29) is 12.1 Å². The SMILES string of the molecule is CC(C)OC(=O)NC(C)c1cccc(Cl)c1. The van der Waals surface area contributed by atoms with E-state index in [0.29, 0.717) is 5.02 Å². The van der Waals surface area contributed by atoms with Gasteiger partial charge in [0.05, 0.1) is 12.1 Å². The quantitative estimate of drug-likeness (QED) is 0.879. The smallest absolute Gasteiger partial charge is 0.407 e. The molecule has 1 aromatic carbocycles. The summed E-state index contributed by atoms with van der Waals surface area (Å²) in [4.78, 5) is 11.4. The van der Waals surface area contributed by atoms with Gasteiger partial charge in [-0.3, -0.25) is 0 Å². The van der Waals surface area contributed by atoms with E-state index in [1.54, 1.807) is 6.07 Å². The molecule has 4 heteroatoms. The summed E-state index contributed by atoms with van der Waals surface area (Å²) in [6.07, 6.45) is -0.533. The van der Waals surface area contributed by atoms with E-state index in [1.807, 2.05) is 39.0 Å². The van der Waals surface area contributed by atoms with Crippen molar-refractivity contribution < 1.29 is 9.53 Å². The molecular formula is C12H16ClNO2. The Balaban J connectivity index is 2.58. The van der Waals surface area contributed by atoms with Gasteiger partial charge in [0.25, 0.3) is 0 Å². The number of halogens is 1. The summed E-state index contributed by atoms with van der Waals surface area (Å²) < 4.78 is 4.99. The van der Waals surface area contributed by atoms with E-state index in [9.17, 15) is 4.79 Å². The molecule has 1 atom stereocenters. The second kappa shape index (κ2) is 5.75. The fraction of sp³-hybridized carbons (Fsp3) is 0.417. The van der Waals surface area contributed by atoms with Gasteiger partial charge >= 0.3 is 6.09 Å². The van der Waals surface area contributed by atoms with Crippen LogP contribution in [0.5, 0.6) is 0 Å². The van der Waals surface area contributed by atoms with Gasteiger partial charge in [-0.25, -0.2) is 4.79 Å². The molecule has 0 bridgehead atoms. The predicted octanol–water partition coefficient (Wildman–Crippen LogP) is 3.54. The van der Waals surface area contributed by atoms with Crippen molar-refractivity contribution in [2.45, 2.75) is 32.9 Å². The summed E-state index contributed by atoms with van der Waals surface area (Å²) in [7, 11) is 0. The van der Waals surface area contributed by atoms with Crippen molar-refractivity contribution in [3.05, 3.63) is 34.9 Å². The number of hydrogen-bond acceptors (Lipinski definition) is 2. The molecule has 0 aliphatic carbocycles. The summed E-state index contributed by atoms with van der Waals surface area (Å²) in [6, 6.07) is 7.26. The lowest BCUT2D eigenvalue weighted by atomic mass is 10.1. The summed E-state index contributed by atoms with van der Waals surface area (Å²) >= 11 is 5.87. The van der Waals surface area contributed by atoms with Crippen LogP contribution in [-0.4, -0.2) is 12.2 Å². The van der Waals surface area contributed by atoms with Crippen molar-refractivity contribution in [3.8, 4) is 0 Å². The van der Waals surface area contributed by atoms with Crippen molar-refractivity contribution in [3.63, 3.8) is 0 Å². The number of amides is 1. The molecule has 1 aromatic rings. The van der Waals surface area contributed by atoms with Crippen LogP contribution in [0.4, 0.5) is 4.79 Å². The first kappa shape index (κ1) is 12.8. The molecule has 16 heavy (non-hydrogen) atoms. The van der Waals surface area contributed by atoms with Crippen LogP contribution in [0.15, 0.2) is 24.3 Å². The molecule has 1 amide bonds. The van der Waals surface area contributed by atoms with E-state index in [4.69, 9.17) is 16.3 Å². The molecule has 1 unspecified atom stereocenters. The molecule has 3 nitrogen and oxygen atoms in total. The maximum absolute atomic E-state index is 11.4. The third kappa shape index (κ3) is 4.11. The zero-order valence-electron chi connectivity index (χ0n) is 9.66. The monoisotopic (exact) mass is 241 g/mol. The molecule has 0 saturated carbocycles. The molecule has 0 heterocycles. The number of carbonyl (C=O) groups is 1. The van der Waals surface area contributed by atoms with E-state index >= 15 is 0 Å². The van der Waals surface area contributed by atoms with Gasteiger partial charge < -0.3 is 10.1 Å². The highest BCUT2D eigenvalue weighted by Crippen LogP contribution is 2.17. The molecule has 0 spiro atoms. The van der Waals surface area contributed by atoms with Gasteiger partial charge in [-0.05, 0) is 38.5 Å². The zero-order valence-corrected chi connectivity index (χ0v) is 10.4. The lowest BCUT2D eigenvalue weighted by Gasteiger charge is -2.15. The van der Waals surface area contributed by atoms with Crippen LogP contribution in [0.1, 0.15) is 32.4 Å². The standard InChI is InChI=1S/C12H16ClNO2/c1-8(2)16-12(15)14-9(3)10-5-4-6-11(13)7-10/h4-9H,1-3H3,(H,14,15). The van der Waals surface area contributed by atoms with Crippen molar-refractivity contribution in [1.29, 1.82) is 0 Å². The van der Waals surface area contributed by atoms with E-state index < -0.39 is 6.09 Å². The largest absolute Gasteiger partial charge is 0.447 e. The molecule has 0 aliphatic rings. The first-order valence-corrected chi connectivity index (χ1v) is 5.59. The van der Waals surface area contributed by atoms with E-state index in [0.717, 1.165) is 5.56 Å². The highest BCUT2D eigenvalue weighted by molar-refractivity contribution is 6.30. The molecule has 0 aromatic heterocycles. The van der Waals surface area contributed by atoms with Gasteiger partial charge in [-0.2, -0.15) is 0 Å². The van der Waals surface area contributed by atoms with Crippen LogP contribution in [0.25, 0.3) is 0 Å². The average Bonchev–Trinajstić information content (AvgIpc) is 2.16. The summed E-state index contributed by atoms with van der Waals surface area (Å²) in [5, 5.41) is 3.39. The molecule has 0 aliphatic heterocycles. The van der Waals surface area contributed by atoms with E-state index in [2.05, 4.69) is 5.32 Å². The predicted molar refractivity (Wildman–Crippen MR) is 64.6 cm³/mol. The number of benzene rings is 1. The topological polar surface area (TPSA) is 38.3 Å². The number of rotatable bonds is 3. The first-order chi connectivity index (χ1) is 7.49. The van der Waals surface area contributed by atoms with Crippen LogP contribution >= 0.6 is 11.6 Å². The number of ether oxygens (including phenoxy) is 1. The van der Waals surface area contributed by atoms with Crippen molar-refractivity contribution in [1.82, 2.24) is 5.32 Å². The van der Waals surface area contributed by atoms with Crippen LogP contribution in [0.2, 0.25) is 5.02 Å². The molecule has 0 radical (unpaired) electrons. The summed E-state index contributed by atoms with van der Waals surface area (Å²) in [6.45, 7) is 5.50. The minimum Gasteiger partial charge on any atom is -0.447 e. The Morgan fingerprint density at radius 2 is 2.06 bits per heavy atom. The Kier molecular flexibility index (Phi) is 4.62. The van der Waals surface area contributed by atoms with E-state index in [1.165, 1.54) is 0 Å². The maximum atomic E-state index is 11.4. The lowest BCUT2D eigenvalue weighted by Crippen LogP contribution is -2.29. The highest BCUT2D eigenvalue weighted by Gasteiger charge is 2.11. The van der Waals surface area contributed by atoms with Crippen LogP contribution in [0.3, 0.4) is 0 Å². The van der Waals surface area contributed by atoms with Crippen LogP contribution in [0, 0.1) is 0 Å². The number of carbonyl (C=O) groups excluding carboxylic acids is 1. The van der Waals surface area contributed by atoms with Crippen LogP contribution in [-0.2, 0) is 4.74 Å². The Hall–Kier alpha value is -1.22. The average molecular weight is 242 g/mol. The molecule has 1 rings (SSSR count). The van der Waals surface area contributed by atoms with Gasteiger partial charge in [0.15, 0.2) is 0 Å². The first-order valence-electron chi connectivity index (χ1n) is 5.21. The molecule has 1 N–H and O–H groups in total. The molecule has 88 valence electrons. The molecular weight excluding hydrogens is 226 g/mol. The third-order valence-corrected chi connectivity index (χ3v) is 2.26. The van der Waals surface area contributed by atoms with Crippen LogP contribution < -0.4 is 5.32 Å². The fourth-order valence-corrected chi connectivity index (χ4v) is 1.48. The Labute approximate surface area is 101 Å². The molecule has 0 saturated heterocycles. The number of nitrogens with one attached hydrogen (secondary N) is 1. The van der Waals surface area contributed by atoms with Crippen molar-refractivity contribution in [2.24, 2.45) is 0 Å². The van der Waals surface area contributed by atoms with Gasteiger partial charge in [-0.1, -0.05) is 23.7 Å². The number of alkyl carbamates (subject to hydrolysis) is 1.